The molecule has 0 aliphatic heterocycles. The van der Waals surface area contributed by atoms with Crippen LogP contribution in [-0.4, -0.2) is 35.1 Å². The number of thioether (sulfide) groups is 1. The lowest BCUT2D eigenvalue weighted by Crippen LogP contribution is -2.16. The minimum absolute atomic E-state index is 0.254. The highest BCUT2D eigenvalue weighted by atomic mass is 32.2. The molecule has 9 nitrogen and oxygen atoms in total. The molecule has 1 aromatic carbocycles. The first-order valence-corrected chi connectivity index (χ1v) is 9.85. The zero-order valence-electron chi connectivity index (χ0n) is 15.8. The van der Waals surface area contributed by atoms with E-state index in [0.29, 0.717) is 16.7 Å². The van der Waals surface area contributed by atoms with E-state index in [-0.39, 0.29) is 6.61 Å². The molecule has 0 fully saturated rings. The number of para-hydroxylation sites is 1. The van der Waals surface area contributed by atoms with Crippen molar-refractivity contribution in [1.82, 2.24) is 35.1 Å². The Morgan fingerprint density at radius 2 is 1.89 bits per heavy atom. The van der Waals surface area contributed by atoms with Gasteiger partial charge in [0.1, 0.15) is 12.4 Å². The van der Waals surface area contributed by atoms with Gasteiger partial charge in [0, 0.05) is 6.54 Å². The molecule has 2 N–H and O–H groups in total. The van der Waals surface area contributed by atoms with Crippen molar-refractivity contribution in [1.29, 1.82) is 0 Å². The van der Waals surface area contributed by atoms with E-state index in [0.717, 1.165) is 42.1 Å². The van der Waals surface area contributed by atoms with Crippen LogP contribution < -0.4 is 10.6 Å². The van der Waals surface area contributed by atoms with E-state index in [9.17, 15) is 0 Å². The molecule has 0 atom stereocenters. The van der Waals surface area contributed by atoms with E-state index in [1.54, 1.807) is 0 Å². The van der Waals surface area contributed by atoms with Crippen molar-refractivity contribution in [2.24, 2.45) is 0 Å². The molecule has 0 saturated heterocycles. The van der Waals surface area contributed by atoms with Crippen LogP contribution in [0, 0.1) is 13.8 Å². The summed E-state index contributed by atoms with van der Waals surface area (Å²) in [5, 5.41) is 20.7. The molecule has 0 aliphatic carbocycles. The van der Waals surface area contributed by atoms with Gasteiger partial charge in [-0.1, -0.05) is 43.3 Å². The SMILES string of the molecule is CCCCn1nnnc1CSc1nnc(COc2c(C)cccc2C)n1N. The largest absolute Gasteiger partial charge is 0.485 e. The van der Waals surface area contributed by atoms with E-state index in [4.69, 9.17) is 10.6 Å². The molecule has 0 spiro atoms. The Balaban J connectivity index is 1.61. The quantitative estimate of drug-likeness (QED) is 0.439. The average molecular weight is 389 g/mol. The predicted octanol–water partition coefficient (Wildman–Crippen LogP) is 2.27. The third-order valence-electron chi connectivity index (χ3n) is 4.15. The van der Waals surface area contributed by atoms with Crippen LogP contribution in [0.1, 0.15) is 42.5 Å². The Labute approximate surface area is 162 Å². The van der Waals surface area contributed by atoms with Crippen LogP contribution in [0.25, 0.3) is 0 Å². The lowest BCUT2D eigenvalue weighted by molar-refractivity contribution is 0.288. The number of hydrogen-bond donors (Lipinski definition) is 1. The van der Waals surface area contributed by atoms with Gasteiger partial charge in [0.2, 0.25) is 5.16 Å². The maximum absolute atomic E-state index is 6.13. The number of hydrogen-bond acceptors (Lipinski definition) is 8. The summed E-state index contributed by atoms with van der Waals surface area (Å²) in [4.78, 5) is 0. The summed E-state index contributed by atoms with van der Waals surface area (Å²) >= 11 is 1.45. The maximum atomic E-state index is 6.13. The molecule has 0 amide bonds. The van der Waals surface area contributed by atoms with Gasteiger partial charge in [0.05, 0.1) is 5.75 Å². The van der Waals surface area contributed by atoms with Crippen LogP contribution in [-0.2, 0) is 18.9 Å². The fraction of sp³-hybridized carbons (Fsp3) is 0.471. The van der Waals surface area contributed by atoms with E-state index in [2.05, 4.69) is 32.6 Å². The Hall–Kier alpha value is -2.62. The number of unbranched alkanes of at least 4 members (excludes halogenated alkanes) is 1. The van der Waals surface area contributed by atoms with Crippen LogP contribution >= 0.6 is 11.8 Å². The first-order valence-electron chi connectivity index (χ1n) is 8.86. The summed E-state index contributed by atoms with van der Waals surface area (Å²) in [6.45, 7) is 7.23. The maximum Gasteiger partial charge on any atom is 0.210 e. The molecule has 0 radical (unpaired) electrons. The molecular formula is C17H24N8OS. The smallest absolute Gasteiger partial charge is 0.210 e. The van der Waals surface area contributed by atoms with Gasteiger partial charge < -0.3 is 10.6 Å². The molecule has 0 saturated carbocycles. The van der Waals surface area contributed by atoms with Crippen LogP contribution in [0.5, 0.6) is 5.75 Å². The van der Waals surface area contributed by atoms with E-state index in [1.807, 2.05) is 36.7 Å². The van der Waals surface area contributed by atoms with Gasteiger partial charge >= 0.3 is 0 Å². The van der Waals surface area contributed by atoms with Gasteiger partial charge in [-0.25, -0.2) is 9.36 Å². The molecule has 0 aliphatic rings. The monoisotopic (exact) mass is 388 g/mol. The van der Waals surface area contributed by atoms with Gasteiger partial charge in [-0.2, -0.15) is 0 Å². The summed E-state index contributed by atoms with van der Waals surface area (Å²) in [6.07, 6.45) is 2.13. The number of nitrogens with two attached hydrogens (primary N) is 1. The number of benzene rings is 1. The molecule has 0 unspecified atom stereocenters. The van der Waals surface area contributed by atoms with E-state index < -0.39 is 0 Å². The van der Waals surface area contributed by atoms with Crippen molar-refractivity contribution in [2.75, 3.05) is 5.84 Å². The number of nitrogens with zero attached hydrogens (tertiary/aromatic N) is 7. The summed E-state index contributed by atoms with van der Waals surface area (Å²) in [5.74, 6) is 8.92. The highest BCUT2D eigenvalue weighted by Crippen LogP contribution is 2.24. The fourth-order valence-electron chi connectivity index (χ4n) is 2.60. The lowest BCUT2D eigenvalue weighted by Gasteiger charge is -2.11. The van der Waals surface area contributed by atoms with Crippen molar-refractivity contribution in [3.8, 4) is 5.75 Å². The third kappa shape index (κ3) is 4.57. The first kappa shape index (κ1) is 19.2. The molecule has 0 bridgehead atoms. The summed E-state index contributed by atoms with van der Waals surface area (Å²) in [6, 6.07) is 6.03. The van der Waals surface area contributed by atoms with E-state index in [1.165, 1.54) is 16.4 Å². The molecular weight excluding hydrogens is 364 g/mol. The Morgan fingerprint density at radius 3 is 2.63 bits per heavy atom. The van der Waals surface area contributed by atoms with Crippen LogP contribution in [0.15, 0.2) is 23.4 Å². The van der Waals surface area contributed by atoms with Crippen molar-refractivity contribution in [2.45, 2.75) is 57.7 Å². The highest BCUT2D eigenvalue weighted by molar-refractivity contribution is 7.98. The van der Waals surface area contributed by atoms with Crippen LogP contribution in [0.3, 0.4) is 0 Å². The molecule has 2 aromatic heterocycles. The lowest BCUT2D eigenvalue weighted by atomic mass is 10.1. The molecule has 27 heavy (non-hydrogen) atoms. The summed E-state index contributed by atoms with van der Waals surface area (Å²) in [5.41, 5.74) is 2.15. The predicted molar refractivity (Wildman–Crippen MR) is 103 cm³/mol. The Bertz CT molecular complexity index is 871. The van der Waals surface area contributed by atoms with Gasteiger partial charge in [-0.15, -0.1) is 15.3 Å². The minimum Gasteiger partial charge on any atom is -0.485 e. The summed E-state index contributed by atoms with van der Waals surface area (Å²) in [7, 11) is 0. The molecule has 144 valence electrons. The molecule has 10 heteroatoms. The van der Waals surface area contributed by atoms with Gasteiger partial charge in [0.15, 0.2) is 11.6 Å². The molecule has 3 rings (SSSR count). The second kappa shape index (κ2) is 8.85. The number of nitrogen functional groups attached to an aromatic ring is 1. The number of ether oxygens (including phenoxy) is 1. The van der Waals surface area contributed by atoms with Gasteiger partial charge in [-0.3, -0.25) is 0 Å². The first-order chi connectivity index (χ1) is 13.1. The Morgan fingerprint density at radius 1 is 1.11 bits per heavy atom. The zero-order valence-corrected chi connectivity index (χ0v) is 16.6. The van der Waals surface area contributed by atoms with Crippen molar-refractivity contribution in [3.63, 3.8) is 0 Å². The van der Waals surface area contributed by atoms with Crippen LogP contribution in [0.4, 0.5) is 0 Å². The number of rotatable bonds is 9. The van der Waals surface area contributed by atoms with Crippen molar-refractivity contribution in [3.05, 3.63) is 41.0 Å². The van der Waals surface area contributed by atoms with Crippen molar-refractivity contribution >= 4 is 11.8 Å². The highest BCUT2D eigenvalue weighted by Gasteiger charge is 2.14. The van der Waals surface area contributed by atoms with Crippen LogP contribution in [0.2, 0.25) is 0 Å². The van der Waals surface area contributed by atoms with Gasteiger partial charge in [0.25, 0.3) is 0 Å². The number of tetrazole rings is 1. The second-order valence-electron chi connectivity index (χ2n) is 6.24. The Kier molecular flexibility index (Phi) is 6.28. The van der Waals surface area contributed by atoms with Gasteiger partial charge in [-0.05, 0) is 41.8 Å². The minimum atomic E-state index is 0.254. The summed E-state index contributed by atoms with van der Waals surface area (Å²) < 4.78 is 9.19. The zero-order chi connectivity index (χ0) is 19.2. The molecule has 3 aromatic rings. The second-order valence-corrected chi connectivity index (χ2v) is 7.18. The number of aromatic nitrogens is 7. The standard InChI is InChI=1S/C17H24N8OS/c1-4-5-9-24-15(20-22-23-24)11-27-17-21-19-14(25(17)18)10-26-16-12(2)7-6-8-13(16)3/h6-8H,4-5,9-11,18H2,1-3H3. The third-order valence-corrected chi connectivity index (χ3v) is 5.09. The average Bonchev–Trinajstić information content (AvgIpc) is 3.24. The fourth-order valence-corrected chi connectivity index (χ4v) is 3.41. The normalized spacial score (nSPS) is 11.1. The number of aryl methyl sites for hydroxylation is 3. The topological polar surface area (TPSA) is 110 Å². The van der Waals surface area contributed by atoms with E-state index >= 15 is 0 Å². The van der Waals surface area contributed by atoms with Crippen molar-refractivity contribution < 1.29 is 4.74 Å². The molecule has 2 heterocycles.